The maximum atomic E-state index is 11.9. The van der Waals surface area contributed by atoms with E-state index in [1.807, 2.05) is 6.92 Å². The van der Waals surface area contributed by atoms with Gasteiger partial charge in [0.1, 0.15) is 0 Å². The first-order valence-electron chi connectivity index (χ1n) is 5.15. The number of rotatable bonds is 1. The summed E-state index contributed by atoms with van der Waals surface area (Å²) in [5.41, 5.74) is 7.32. The molecule has 0 aromatic heterocycles. The van der Waals surface area contributed by atoms with E-state index in [1.54, 1.807) is 12.1 Å². The fraction of sp³-hybridized carbons (Fsp3) is 0.364. The van der Waals surface area contributed by atoms with Crippen LogP contribution in [0.1, 0.15) is 19.4 Å². The van der Waals surface area contributed by atoms with E-state index in [4.69, 9.17) is 5.73 Å². The van der Waals surface area contributed by atoms with E-state index in [1.165, 1.54) is 19.9 Å². The number of aryl methyl sites for hydroxylation is 1. The van der Waals surface area contributed by atoms with Crippen LogP contribution in [0.25, 0.3) is 0 Å². The molecule has 6 heteroatoms. The summed E-state index contributed by atoms with van der Waals surface area (Å²) in [4.78, 5) is 11.8. The molecule has 1 aromatic carbocycles. The van der Waals surface area contributed by atoms with Gasteiger partial charge in [-0.2, -0.15) is 0 Å². The number of hydrogen-bond donors (Lipinski definition) is 1. The summed E-state index contributed by atoms with van der Waals surface area (Å²) in [6.07, 6.45) is 0. The van der Waals surface area contributed by atoms with Crippen LogP contribution in [0.4, 0.5) is 11.4 Å². The Morgan fingerprint density at radius 2 is 1.88 bits per heavy atom. The van der Waals surface area contributed by atoms with E-state index in [0.717, 1.165) is 9.87 Å². The zero-order chi connectivity index (χ0) is 13.0. The lowest BCUT2D eigenvalue weighted by molar-refractivity contribution is -0.120. The van der Waals surface area contributed by atoms with Crippen molar-refractivity contribution in [2.45, 2.75) is 25.5 Å². The molecule has 0 bridgehead atoms. The van der Waals surface area contributed by atoms with Crippen LogP contribution in [0.15, 0.2) is 18.2 Å². The lowest BCUT2D eigenvalue weighted by Gasteiger charge is -2.42. The molecule has 0 radical (unpaired) electrons. The normalized spacial score (nSPS) is 21.1. The van der Waals surface area contributed by atoms with E-state index in [0.29, 0.717) is 11.4 Å². The number of hydrogen-bond acceptors (Lipinski definition) is 4. The summed E-state index contributed by atoms with van der Waals surface area (Å²) in [6, 6.07) is 4.77. The highest BCUT2D eigenvalue weighted by atomic mass is 32.2. The molecule has 92 valence electrons. The maximum absolute atomic E-state index is 11.9. The summed E-state index contributed by atoms with van der Waals surface area (Å²) < 4.78 is 23.4. The Balaban J connectivity index is 2.51. The van der Waals surface area contributed by atoms with Crippen molar-refractivity contribution in [3.05, 3.63) is 23.8 Å². The molecule has 1 aromatic rings. The van der Waals surface area contributed by atoms with Gasteiger partial charge in [0.2, 0.25) is 0 Å². The molecular formula is C11H14N2O3S. The van der Waals surface area contributed by atoms with Gasteiger partial charge in [-0.1, -0.05) is 6.07 Å². The smallest absolute Gasteiger partial charge is 0.263 e. The first-order chi connectivity index (χ1) is 7.69. The maximum Gasteiger partial charge on any atom is 0.263 e. The third kappa shape index (κ3) is 1.37. The highest BCUT2D eigenvalue weighted by Crippen LogP contribution is 2.39. The first-order valence-corrected chi connectivity index (χ1v) is 6.59. The van der Waals surface area contributed by atoms with E-state index >= 15 is 0 Å². The van der Waals surface area contributed by atoms with Gasteiger partial charge in [0, 0.05) is 5.69 Å². The Morgan fingerprint density at radius 3 is 2.35 bits per heavy atom. The molecule has 5 nitrogen and oxygen atoms in total. The third-order valence-electron chi connectivity index (χ3n) is 3.08. The molecule has 17 heavy (non-hydrogen) atoms. The zero-order valence-electron chi connectivity index (χ0n) is 9.89. The Bertz CT molecular complexity index is 605. The second kappa shape index (κ2) is 3.22. The van der Waals surface area contributed by atoms with E-state index < -0.39 is 20.7 Å². The van der Waals surface area contributed by atoms with E-state index in [-0.39, 0.29) is 0 Å². The molecule has 0 saturated carbocycles. The van der Waals surface area contributed by atoms with Crippen molar-refractivity contribution in [3.63, 3.8) is 0 Å². The topological polar surface area (TPSA) is 80.5 Å². The molecule has 1 amide bonds. The molecule has 2 N–H and O–H groups in total. The van der Waals surface area contributed by atoms with Gasteiger partial charge in [0.25, 0.3) is 15.9 Å². The SMILES string of the molecule is Cc1ccc(N2C(=O)C(C)(C)S2(=O)=O)cc1N. The summed E-state index contributed by atoms with van der Waals surface area (Å²) in [5.74, 6) is -0.430. The monoisotopic (exact) mass is 254 g/mol. The summed E-state index contributed by atoms with van der Waals surface area (Å²) in [6.45, 7) is 4.62. The molecule has 2 rings (SSSR count). The predicted octanol–water partition coefficient (Wildman–Crippen LogP) is 1.03. The van der Waals surface area contributed by atoms with Gasteiger partial charge in [-0.15, -0.1) is 0 Å². The number of sulfonamides is 1. The number of anilines is 2. The number of amides is 1. The fourth-order valence-electron chi connectivity index (χ4n) is 1.66. The largest absolute Gasteiger partial charge is 0.398 e. The molecule has 1 saturated heterocycles. The minimum atomic E-state index is -3.60. The number of nitrogen functional groups attached to an aromatic ring is 1. The fourth-order valence-corrected chi connectivity index (χ4v) is 3.14. The van der Waals surface area contributed by atoms with Crippen molar-refractivity contribution in [1.29, 1.82) is 0 Å². The van der Waals surface area contributed by atoms with E-state index in [2.05, 4.69) is 0 Å². The van der Waals surface area contributed by atoms with Crippen LogP contribution in [-0.2, 0) is 14.8 Å². The van der Waals surface area contributed by atoms with Gasteiger partial charge in [0.15, 0.2) is 4.75 Å². The van der Waals surface area contributed by atoms with Gasteiger partial charge < -0.3 is 5.73 Å². The van der Waals surface area contributed by atoms with Gasteiger partial charge in [-0.25, -0.2) is 12.7 Å². The van der Waals surface area contributed by atoms with Crippen LogP contribution in [0.2, 0.25) is 0 Å². The standard InChI is InChI=1S/C11H14N2O3S/c1-7-4-5-8(6-9(7)12)13-10(14)11(2,3)17(13,15)16/h4-6H,12H2,1-3H3. The first kappa shape index (κ1) is 11.9. The highest BCUT2D eigenvalue weighted by Gasteiger charge is 2.60. The van der Waals surface area contributed by atoms with Crippen LogP contribution in [0.5, 0.6) is 0 Å². The Labute approximate surface area is 100 Å². The molecule has 1 aliphatic heterocycles. The third-order valence-corrected chi connectivity index (χ3v) is 5.40. The Morgan fingerprint density at radius 1 is 1.29 bits per heavy atom. The van der Waals surface area contributed by atoms with Crippen LogP contribution < -0.4 is 10.0 Å². The molecule has 0 aliphatic carbocycles. The van der Waals surface area contributed by atoms with Gasteiger partial charge in [-0.05, 0) is 38.5 Å². The lowest BCUT2D eigenvalue weighted by atomic mass is 10.1. The van der Waals surface area contributed by atoms with Crippen molar-refractivity contribution in [1.82, 2.24) is 0 Å². The van der Waals surface area contributed by atoms with Crippen LogP contribution in [0, 0.1) is 6.92 Å². The number of nitrogens with zero attached hydrogens (tertiary/aromatic N) is 1. The lowest BCUT2D eigenvalue weighted by Crippen LogP contribution is -2.67. The molecular weight excluding hydrogens is 240 g/mol. The minimum absolute atomic E-state index is 0.303. The van der Waals surface area contributed by atoms with Crippen LogP contribution in [0.3, 0.4) is 0 Å². The highest BCUT2D eigenvalue weighted by molar-refractivity contribution is 7.98. The Kier molecular flexibility index (Phi) is 2.26. The second-order valence-electron chi connectivity index (χ2n) is 4.63. The van der Waals surface area contributed by atoms with Crippen molar-refractivity contribution in [2.75, 3.05) is 10.0 Å². The average Bonchev–Trinajstić information content (AvgIpc) is 2.23. The minimum Gasteiger partial charge on any atom is -0.398 e. The Hall–Kier alpha value is -1.56. The molecule has 1 fully saturated rings. The number of benzene rings is 1. The molecule has 1 heterocycles. The summed E-state index contributed by atoms with van der Waals surface area (Å²) in [5, 5.41) is 0. The predicted molar refractivity (Wildman–Crippen MR) is 66.1 cm³/mol. The van der Waals surface area contributed by atoms with Gasteiger partial charge in [0.05, 0.1) is 5.69 Å². The summed E-state index contributed by atoms with van der Waals surface area (Å²) >= 11 is 0. The van der Waals surface area contributed by atoms with Crippen molar-refractivity contribution < 1.29 is 13.2 Å². The van der Waals surface area contributed by atoms with Gasteiger partial charge in [-0.3, -0.25) is 4.79 Å². The van der Waals surface area contributed by atoms with E-state index in [9.17, 15) is 13.2 Å². The molecule has 0 spiro atoms. The van der Waals surface area contributed by atoms with Crippen LogP contribution >= 0.6 is 0 Å². The average molecular weight is 254 g/mol. The van der Waals surface area contributed by atoms with Crippen molar-refractivity contribution >= 4 is 27.3 Å². The number of carbonyl (C=O) groups excluding carboxylic acids is 1. The number of carbonyl (C=O) groups is 1. The van der Waals surface area contributed by atoms with Gasteiger partial charge >= 0.3 is 0 Å². The van der Waals surface area contributed by atoms with Crippen molar-refractivity contribution in [3.8, 4) is 0 Å². The summed E-state index contributed by atoms with van der Waals surface area (Å²) in [7, 11) is -3.60. The zero-order valence-corrected chi connectivity index (χ0v) is 10.7. The molecule has 1 aliphatic rings. The quantitative estimate of drug-likeness (QED) is 0.759. The molecule has 0 atom stereocenters. The molecule has 0 unspecified atom stereocenters. The van der Waals surface area contributed by atoms with Crippen LogP contribution in [-0.4, -0.2) is 19.1 Å². The van der Waals surface area contributed by atoms with Crippen molar-refractivity contribution in [2.24, 2.45) is 0 Å². The second-order valence-corrected chi connectivity index (χ2v) is 6.96. The number of nitrogens with two attached hydrogens (primary N) is 1.